The quantitative estimate of drug-likeness (QED) is 0.850. The number of alkyl halides is 1. The van der Waals surface area contributed by atoms with E-state index in [0.717, 1.165) is 0 Å². The van der Waals surface area contributed by atoms with Crippen LogP contribution in [0.15, 0.2) is 18.2 Å². The Kier molecular flexibility index (Phi) is 2.66. The summed E-state index contributed by atoms with van der Waals surface area (Å²) in [6.45, 7) is -0.137. The molecule has 1 aliphatic heterocycles. The lowest BCUT2D eigenvalue weighted by Crippen LogP contribution is -2.53. The second-order valence-electron chi connectivity index (χ2n) is 3.65. The van der Waals surface area contributed by atoms with Gasteiger partial charge in [-0.05, 0) is 11.6 Å². The Hall–Kier alpha value is -0.710. The maximum atomic E-state index is 13.9. The van der Waals surface area contributed by atoms with Crippen LogP contribution in [0.4, 0.5) is 8.78 Å². The zero-order valence-corrected chi connectivity index (χ0v) is 8.60. The van der Waals surface area contributed by atoms with E-state index in [1.54, 1.807) is 0 Å². The molecule has 0 saturated carbocycles. The van der Waals surface area contributed by atoms with Crippen molar-refractivity contribution in [2.45, 2.75) is 11.7 Å². The fourth-order valence-electron chi connectivity index (χ4n) is 1.52. The smallest absolute Gasteiger partial charge is 0.176 e. The van der Waals surface area contributed by atoms with E-state index in [1.165, 1.54) is 18.2 Å². The Morgan fingerprint density at radius 2 is 2.13 bits per heavy atom. The van der Waals surface area contributed by atoms with Crippen LogP contribution in [-0.2, 0) is 4.74 Å². The lowest BCUT2D eigenvalue weighted by Gasteiger charge is -2.38. The lowest BCUT2D eigenvalue weighted by atomic mass is 9.89. The topological polar surface area (TPSA) is 35.2 Å². The van der Waals surface area contributed by atoms with Crippen molar-refractivity contribution in [3.05, 3.63) is 34.6 Å². The summed E-state index contributed by atoms with van der Waals surface area (Å²) < 4.78 is 31.7. The monoisotopic (exact) mass is 233 g/mol. The summed E-state index contributed by atoms with van der Waals surface area (Å²) in [5.74, 6) is -0.589. The minimum atomic E-state index is -1.63. The molecule has 5 heteroatoms. The van der Waals surface area contributed by atoms with Gasteiger partial charge in [-0.2, -0.15) is 0 Å². The Morgan fingerprint density at radius 3 is 2.67 bits per heavy atom. The van der Waals surface area contributed by atoms with Crippen LogP contribution in [-0.4, -0.2) is 18.9 Å². The van der Waals surface area contributed by atoms with Gasteiger partial charge in [-0.1, -0.05) is 23.7 Å². The minimum Gasteiger partial charge on any atom is -0.374 e. The molecule has 1 unspecified atom stereocenters. The van der Waals surface area contributed by atoms with Crippen LogP contribution in [0.3, 0.4) is 0 Å². The predicted octanol–water partition coefficient (Wildman–Crippen LogP) is 2.22. The molecule has 0 bridgehead atoms. The number of benzene rings is 1. The number of hydrogen-bond donors (Lipinski definition) is 1. The number of hydrogen-bond acceptors (Lipinski definition) is 2. The summed E-state index contributed by atoms with van der Waals surface area (Å²) in [6.07, 6.45) is 0. The molecule has 1 saturated heterocycles. The van der Waals surface area contributed by atoms with Gasteiger partial charge in [0.2, 0.25) is 0 Å². The molecule has 1 aromatic rings. The van der Waals surface area contributed by atoms with Crippen molar-refractivity contribution >= 4 is 11.6 Å². The minimum absolute atomic E-state index is 0.0684. The van der Waals surface area contributed by atoms with Crippen LogP contribution in [0.25, 0.3) is 0 Å². The molecule has 0 aliphatic carbocycles. The average Bonchev–Trinajstić information content (AvgIpc) is 2.18. The fraction of sp³-hybridized carbons (Fsp3) is 0.400. The number of nitrogens with two attached hydrogens (primary N) is 1. The molecule has 15 heavy (non-hydrogen) atoms. The van der Waals surface area contributed by atoms with Gasteiger partial charge in [0, 0.05) is 0 Å². The molecule has 1 fully saturated rings. The number of ether oxygens (including phenoxy) is 1. The summed E-state index contributed by atoms with van der Waals surface area (Å²) in [7, 11) is 0. The van der Waals surface area contributed by atoms with Crippen LogP contribution in [0.2, 0.25) is 5.02 Å². The van der Waals surface area contributed by atoms with Crippen molar-refractivity contribution in [2.24, 2.45) is 5.73 Å². The first-order chi connectivity index (χ1) is 7.04. The van der Waals surface area contributed by atoms with Gasteiger partial charge in [0.1, 0.15) is 5.82 Å². The van der Waals surface area contributed by atoms with Crippen molar-refractivity contribution in [1.29, 1.82) is 0 Å². The van der Waals surface area contributed by atoms with E-state index in [9.17, 15) is 8.78 Å². The molecule has 1 aromatic carbocycles. The highest BCUT2D eigenvalue weighted by atomic mass is 35.5. The van der Waals surface area contributed by atoms with E-state index in [1.807, 2.05) is 0 Å². The normalized spacial score (nSPS) is 20.8. The molecule has 82 valence electrons. The van der Waals surface area contributed by atoms with Crippen LogP contribution >= 0.6 is 11.6 Å². The predicted molar refractivity (Wildman–Crippen MR) is 53.0 cm³/mol. The SMILES string of the molecule is NC(c1cccc(F)c1Cl)C1(F)COC1. The Bertz CT molecular complexity index is 382. The van der Waals surface area contributed by atoms with Crippen molar-refractivity contribution in [3.8, 4) is 0 Å². The first-order valence-corrected chi connectivity index (χ1v) is 4.88. The molecule has 0 radical (unpaired) electrons. The number of halogens is 3. The Morgan fingerprint density at radius 1 is 1.47 bits per heavy atom. The highest BCUT2D eigenvalue weighted by Gasteiger charge is 2.46. The average molecular weight is 234 g/mol. The van der Waals surface area contributed by atoms with Crippen molar-refractivity contribution in [1.82, 2.24) is 0 Å². The molecule has 1 aliphatic rings. The zero-order chi connectivity index (χ0) is 11.1. The second kappa shape index (κ2) is 3.70. The molecular formula is C10H10ClF2NO. The van der Waals surface area contributed by atoms with Gasteiger partial charge < -0.3 is 10.5 Å². The molecule has 0 amide bonds. The van der Waals surface area contributed by atoms with E-state index in [-0.39, 0.29) is 23.8 Å². The summed E-state index contributed by atoms with van der Waals surface area (Å²) in [5, 5.41) is -0.117. The van der Waals surface area contributed by atoms with Gasteiger partial charge >= 0.3 is 0 Å². The van der Waals surface area contributed by atoms with Gasteiger partial charge in [-0.15, -0.1) is 0 Å². The van der Waals surface area contributed by atoms with Crippen molar-refractivity contribution < 1.29 is 13.5 Å². The van der Waals surface area contributed by atoms with Gasteiger partial charge in [0.15, 0.2) is 5.67 Å². The molecular weight excluding hydrogens is 224 g/mol. The Balaban J connectivity index is 2.33. The summed E-state index contributed by atoms with van der Waals surface area (Å²) in [4.78, 5) is 0. The van der Waals surface area contributed by atoms with Crippen LogP contribution < -0.4 is 5.73 Å². The van der Waals surface area contributed by atoms with E-state index in [0.29, 0.717) is 0 Å². The van der Waals surface area contributed by atoms with Gasteiger partial charge in [0.05, 0.1) is 24.3 Å². The third kappa shape index (κ3) is 1.73. The maximum absolute atomic E-state index is 13.9. The van der Waals surface area contributed by atoms with Crippen molar-refractivity contribution in [2.75, 3.05) is 13.2 Å². The van der Waals surface area contributed by atoms with E-state index >= 15 is 0 Å². The van der Waals surface area contributed by atoms with E-state index in [4.69, 9.17) is 22.1 Å². The van der Waals surface area contributed by atoms with Crippen LogP contribution in [0.1, 0.15) is 11.6 Å². The first-order valence-electron chi connectivity index (χ1n) is 4.51. The highest BCUT2D eigenvalue weighted by molar-refractivity contribution is 6.31. The van der Waals surface area contributed by atoms with Gasteiger partial charge in [0.25, 0.3) is 0 Å². The first kappa shape index (κ1) is 10.8. The maximum Gasteiger partial charge on any atom is 0.176 e. The standard InChI is InChI=1S/C10H10ClF2NO/c11-8-6(2-1-3-7(8)12)9(14)10(13)4-15-5-10/h1-3,9H,4-5,14H2. The number of rotatable bonds is 2. The molecule has 0 aromatic heterocycles. The van der Waals surface area contributed by atoms with E-state index < -0.39 is 17.5 Å². The Labute approximate surface area is 91.0 Å². The molecule has 2 nitrogen and oxygen atoms in total. The van der Waals surface area contributed by atoms with Crippen LogP contribution in [0, 0.1) is 5.82 Å². The fourth-order valence-corrected chi connectivity index (χ4v) is 1.76. The largest absolute Gasteiger partial charge is 0.374 e. The third-order valence-electron chi connectivity index (χ3n) is 2.56. The third-order valence-corrected chi connectivity index (χ3v) is 2.96. The van der Waals surface area contributed by atoms with Crippen molar-refractivity contribution in [3.63, 3.8) is 0 Å². The molecule has 1 atom stereocenters. The molecule has 2 rings (SSSR count). The molecule has 1 heterocycles. The zero-order valence-electron chi connectivity index (χ0n) is 7.84. The molecule has 0 spiro atoms. The highest BCUT2D eigenvalue weighted by Crippen LogP contribution is 2.37. The van der Waals surface area contributed by atoms with Gasteiger partial charge in [-0.25, -0.2) is 8.78 Å². The lowest BCUT2D eigenvalue weighted by molar-refractivity contribution is -0.143. The van der Waals surface area contributed by atoms with Gasteiger partial charge in [-0.3, -0.25) is 0 Å². The van der Waals surface area contributed by atoms with Crippen LogP contribution in [0.5, 0.6) is 0 Å². The summed E-state index contributed by atoms with van der Waals surface area (Å²) in [5.41, 5.74) is 4.35. The molecule has 2 N–H and O–H groups in total. The van der Waals surface area contributed by atoms with E-state index in [2.05, 4.69) is 0 Å². The summed E-state index contributed by atoms with van der Waals surface area (Å²) in [6, 6.07) is 3.24. The summed E-state index contributed by atoms with van der Waals surface area (Å²) >= 11 is 5.71. The second-order valence-corrected chi connectivity index (χ2v) is 4.03.